The minimum absolute atomic E-state index is 0.113. The third kappa shape index (κ3) is 5.25. The van der Waals surface area contributed by atoms with E-state index in [4.69, 9.17) is 5.73 Å². The first-order chi connectivity index (χ1) is 9.55. The summed E-state index contributed by atoms with van der Waals surface area (Å²) in [5.41, 5.74) is 3.69. The molecule has 1 aromatic rings. The number of alkyl halides is 3. The minimum atomic E-state index is -4.71. The van der Waals surface area contributed by atoms with Crippen LogP contribution in [0.3, 0.4) is 0 Å². The van der Waals surface area contributed by atoms with Crippen molar-refractivity contribution < 1.29 is 31.1 Å². The molecule has 21 heavy (non-hydrogen) atoms. The Balaban J connectivity index is 3.00. The third-order valence-electron chi connectivity index (χ3n) is 2.66. The number of hydrogen-bond donors (Lipinski definition) is 1. The van der Waals surface area contributed by atoms with Crippen LogP contribution < -0.4 is 5.73 Å². The molecule has 0 unspecified atom stereocenters. The van der Waals surface area contributed by atoms with E-state index in [1.165, 1.54) is 6.07 Å². The Labute approximate surface area is 119 Å². The van der Waals surface area contributed by atoms with Gasteiger partial charge in [-0.2, -0.15) is 13.2 Å². The number of benzene rings is 1. The number of hydrogen-bond acceptors (Lipinski definition) is 5. The van der Waals surface area contributed by atoms with Crippen LogP contribution in [0.4, 0.5) is 18.9 Å². The van der Waals surface area contributed by atoms with Gasteiger partial charge in [-0.25, -0.2) is 8.42 Å². The van der Waals surface area contributed by atoms with Gasteiger partial charge in [0.15, 0.2) is 9.84 Å². The predicted octanol–water partition coefficient (Wildman–Crippen LogP) is 1.77. The zero-order chi connectivity index (χ0) is 16.3. The van der Waals surface area contributed by atoms with E-state index in [1.54, 1.807) is 0 Å². The highest BCUT2D eigenvalue weighted by molar-refractivity contribution is 7.90. The third-order valence-corrected chi connectivity index (χ3v) is 4.24. The van der Waals surface area contributed by atoms with Crippen LogP contribution in [-0.4, -0.2) is 27.2 Å². The molecule has 1 aromatic carbocycles. The first-order valence-electron chi connectivity index (χ1n) is 5.78. The van der Waals surface area contributed by atoms with Gasteiger partial charge in [-0.1, -0.05) is 6.07 Å². The van der Waals surface area contributed by atoms with Gasteiger partial charge in [0, 0.05) is 5.69 Å². The second kappa shape index (κ2) is 6.33. The molecule has 5 nitrogen and oxygen atoms in total. The number of carbonyl (C=O) groups is 1. The normalized spacial score (nSPS) is 12.2. The molecular weight excluding hydrogens is 311 g/mol. The first kappa shape index (κ1) is 17.3. The smallest absolute Gasteiger partial charge is 0.416 e. The molecule has 0 bridgehead atoms. The standard InChI is InChI=1S/C12H14F3NO4S/c1-20-11(17)4-5-21(18,19)7-8-2-3-9(16)6-10(8)12(13,14)15/h2-3,6H,4-5,7,16H2,1H3. The van der Waals surface area contributed by atoms with Gasteiger partial charge in [-0.15, -0.1) is 0 Å². The molecule has 0 aromatic heterocycles. The molecule has 0 atom stereocenters. The lowest BCUT2D eigenvalue weighted by atomic mass is 10.1. The van der Waals surface area contributed by atoms with Crippen LogP contribution in [0.5, 0.6) is 0 Å². The van der Waals surface area contributed by atoms with Crippen LogP contribution in [0.1, 0.15) is 17.5 Å². The van der Waals surface area contributed by atoms with Crippen LogP contribution in [-0.2, 0) is 31.3 Å². The van der Waals surface area contributed by atoms with Gasteiger partial charge in [0.1, 0.15) is 0 Å². The van der Waals surface area contributed by atoms with Crippen molar-refractivity contribution >= 4 is 21.5 Å². The maximum absolute atomic E-state index is 12.8. The number of sulfone groups is 1. The molecule has 9 heteroatoms. The zero-order valence-electron chi connectivity index (χ0n) is 11.1. The van der Waals surface area contributed by atoms with Crippen molar-refractivity contribution in [3.63, 3.8) is 0 Å². The fourth-order valence-corrected chi connectivity index (χ4v) is 2.98. The lowest BCUT2D eigenvalue weighted by Gasteiger charge is -2.13. The SMILES string of the molecule is COC(=O)CCS(=O)(=O)Cc1ccc(N)cc1C(F)(F)F. The van der Waals surface area contributed by atoms with E-state index in [2.05, 4.69) is 4.74 Å². The van der Waals surface area contributed by atoms with Gasteiger partial charge in [0.25, 0.3) is 0 Å². The monoisotopic (exact) mass is 325 g/mol. The summed E-state index contributed by atoms with van der Waals surface area (Å²) in [4.78, 5) is 10.9. The van der Waals surface area contributed by atoms with Crippen molar-refractivity contribution in [2.45, 2.75) is 18.3 Å². The van der Waals surface area contributed by atoms with E-state index in [1.807, 2.05) is 0 Å². The Kier molecular flexibility index (Phi) is 5.21. The molecule has 1 rings (SSSR count). The summed E-state index contributed by atoms with van der Waals surface area (Å²) >= 11 is 0. The fraction of sp³-hybridized carbons (Fsp3) is 0.417. The highest BCUT2D eigenvalue weighted by Gasteiger charge is 2.34. The molecule has 118 valence electrons. The second-order valence-corrected chi connectivity index (χ2v) is 6.52. The summed E-state index contributed by atoms with van der Waals surface area (Å²) < 4.78 is 66.4. The Morgan fingerprint density at radius 3 is 2.48 bits per heavy atom. The Hall–Kier alpha value is -1.77. The van der Waals surface area contributed by atoms with E-state index in [-0.39, 0.29) is 5.69 Å². The van der Waals surface area contributed by atoms with Crippen molar-refractivity contribution in [2.75, 3.05) is 18.6 Å². The van der Waals surface area contributed by atoms with Crippen molar-refractivity contribution in [2.24, 2.45) is 0 Å². The van der Waals surface area contributed by atoms with Gasteiger partial charge in [0.05, 0.1) is 30.6 Å². The molecule has 0 saturated heterocycles. The van der Waals surface area contributed by atoms with Crippen LogP contribution in [0.15, 0.2) is 18.2 Å². The summed E-state index contributed by atoms with van der Waals surface area (Å²) in [6, 6.07) is 2.90. The van der Waals surface area contributed by atoms with E-state index < -0.39 is 51.0 Å². The molecular formula is C12H14F3NO4S. The molecule has 0 aliphatic heterocycles. The summed E-state index contributed by atoms with van der Waals surface area (Å²) in [6.45, 7) is 0. The number of halogens is 3. The average Bonchev–Trinajstić information content (AvgIpc) is 2.36. The highest BCUT2D eigenvalue weighted by Crippen LogP contribution is 2.34. The van der Waals surface area contributed by atoms with Gasteiger partial charge in [0.2, 0.25) is 0 Å². The molecule has 0 spiro atoms. The van der Waals surface area contributed by atoms with Crippen LogP contribution >= 0.6 is 0 Å². The number of esters is 1. The van der Waals surface area contributed by atoms with Gasteiger partial charge in [-0.3, -0.25) is 4.79 Å². The number of nitrogen functional groups attached to an aromatic ring is 1. The zero-order valence-corrected chi connectivity index (χ0v) is 11.9. The number of anilines is 1. The molecule has 0 aliphatic carbocycles. The number of rotatable bonds is 5. The van der Waals surface area contributed by atoms with Crippen LogP contribution in [0, 0.1) is 0 Å². The molecule has 0 saturated carbocycles. The molecule has 0 fully saturated rings. The van der Waals surface area contributed by atoms with Gasteiger partial charge in [-0.05, 0) is 17.7 Å². The largest absolute Gasteiger partial charge is 0.469 e. The molecule has 0 heterocycles. The van der Waals surface area contributed by atoms with E-state index in [9.17, 15) is 26.4 Å². The number of carbonyl (C=O) groups excluding carboxylic acids is 1. The lowest BCUT2D eigenvalue weighted by molar-refractivity contribution is -0.140. The van der Waals surface area contributed by atoms with E-state index in [0.29, 0.717) is 6.07 Å². The highest BCUT2D eigenvalue weighted by atomic mass is 32.2. The maximum atomic E-state index is 12.8. The summed E-state index contributed by atoms with van der Waals surface area (Å²) in [5, 5.41) is 0. The van der Waals surface area contributed by atoms with Crippen molar-refractivity contribution in [3.05, 3.63) is 29.3 Å². The first-order valence-corrected chi connectivity index (χ1v) is 7.60. The molecule has 2 N–H and O–H groups in total. The van der Waals surface area contributed by atoms with E-state index >= 15 is 0 Å². The maximum Gasteiger partial charge on any atom is 0.416 e. The Morgan fingerprint density at radius 1 is 1.33 bits per heavy atom. The quantitative estimate of drug-likeness (QED) is 0.658. The molecule has 0 amide bonds. The van der Waals surface area contributed by atoms with E-state index in [0.717, 1.165) is 13.2 Å². The lowest BCUT2D eigenvalue weighted by Crippen LogP contribution is -2.17. The minimum Gasteiger partial charge on any atom is -0.469 e. The second-order valence-electron chi connectivity index (χ2n) is 4.33. The predicted molar refractivity (Wildman–Crippen MR) is 70.0 cm³/mol. The number of ether oxygens (including phenoxy) is 1. The van der Waals surface area contributed by atoms with Gasteiger partial charge < -0.3 is 10.5 Å². The summed E-state index contributed by atoms with van der Waals surface area (Å²) in [6.07, 6.45) is -5.11. The van der Waals surface area contributed by atoms with Crippen LogP contribution in [0.2, 0.25) is 0 Å². The summed E-state index contributed by atoms with van der Waals surface area (Å²) in [7, 11) is -2.78. The Bertz CT molecular complexity index is 626. The number of methoxy groups -OCH3 is 1. The number of nitrogens with two attached hydrogens (primary N) is 1. The molecule has 0 aliphatic rings. The molecule has 0 radical (unpaired) electrons. The summed E-state index contributed by atoms with van der Waals surface area (Å²) in [5.74, 6) is -2.15. The van der Waals surface area contributed by atoms with Crippen molar-refractivity contribution in [1.29, 1.82) is 0 Å². The Morgan fingerprint density at radius 2 is 1.95 bits per heavy atom. The average molecular weight is 325 g/mol. The van der Waals surface area contributed by atoms with Gasteiger partial charge >= 0.3 is 12.1 Å². The van der Waals surface area contributed by atoms with Crippen molar-refractivity contribution in [1.82, 2.24) is 0 Å². The van der Waals surface area contributed by atoms with Crippen LogP contribution in [0.25, 0.3) is 0 Å². The fourth-order valence-electron chi connectivity index (χ4n) is 1.63. The topological polar surface area (TPSA) is 86.5 Å². The van der Waals surface area contributed by atoms with Crippen molar-refractivity contribution in [3.8, 4) is 0 Å².